The monoisotopic (exact) mass is 298 g/mol. The van der Waals surface area contributed by atoms with Crippen molar-refractivity contribution in [1.29, 1.82) is 0 Å². The molecule has 0 aromatic heterocycles. The van der Waals surface area contributed by atoms with Crippen molar-refractivity contribution in [3.63, 3.8) is 0 Å². The third-order valence-electron chi connectivity index (χ3n) is 3.67. The second kappa shape index (κ2) is 4.73. The molecule has 0 bridgehead atoms. The summed E-state index contributed by atoms with van der Waals surface area (Å²) >= 11 is 0. The first-order chi connectivity index (χ1) is 10.4. The van der Waals surface area contributed by atoms with Gasteiger partial charge in [0.2, 0.25) is 0 Å². The molecule has 0 spiro atoms. The summed E-state index contributed by atoms with van der Waals surface area (Å²) in [6, 6.07) is 8.57. The molecule has 5 N–H and O–H groups in total. The lowest BCUT2D eigenvalue weighted by Crippen LogP contribution is -1.88. The Morgan fingerprint density at radius 2 is 1.18 bits per heavy atom. The molecule has 0 radical (unpaired) electrons. The van der Waals surface area contributed by atoms with E-state index in [-0.39, 0.29) is 28.7 Å². The Hall–Kier alpha value is -3.08. The van der Waals surface area contributed by atoms with Gasteiger partial charge in [0.15, 0.2) is 23.0 Å². The van der Waals surface area contributed by atoms with Gasteiger partial charge in [0.05, 0.1) is 0 Å². The zero-order valence-electron chi connectivity index (χ0n) is 11.7. The lowest BCUT2D eigenvalue weighted by atomic mass is 9.92. The highest BCUT2D eigenvalue weighted by Gasteiger charge is 2.15. The molecule has 5 nitrogen and oxygen atoms in total. The maximum absolute atomic E-state index is 10.1. The van der Waals surface area contributed by atoms with E-state index in [2.05, 4.69) is 0 Å². The van der Waals surface area contributed by atoms with Gasteiger partial charge in [0.1, 0.15) is 5.75 Å². The second-order valence-corrected chi connectivity index (χ2v) is 5.18. The lowest BCUT2D eigenvalue weighted by Gasteiger charge is -2.14. The third-order valence-corrected chi connectivity index (χ3v) is 3.67. The van der Waals surface area contributed by atoms with Crippen LogP contribution in [-0.4, -0.2) is 25.5 Å². The summed E-state index contributed by atoms with van der Waals surface area (Å²) in [4.78, 5) is 0. The summed E-state index contributed by atoms with van der Waals surface area (Å²) in [6.07, 6.45) is 0. The minimum Gasteiger partial charge on any atom is -0.507 e. The van der Waals surface area contributed by atoms with Crippen molar-refractivity contribution in [3.8, 4) is 39.9 Å². The lowest BCUT2D eigenvalue weighted by molar-refractivity contribution is 0.404. The van der Waals surface area contributed by atoms with Crippen LogP contribution in [0.1, 0.15) is 5.56 Å². The third kappa shape index (κ3) is 2.03. The number of benzene rings is 3. The van der Waals surface area contributed by atoms with Crippen LogP contribution in [0.4, 0.5) is 0 Å². The number of phenols is 5. The average molecular weight is 298 g/mol. The minimum atomic E-state index is -0.328. The predicted octanol–water partition coefficient (Wildman–Crippen LogP) is 3.34. The molecule has 5 heteroatoms. The van der Waals surface area contributed by atoms with Gasteiger partial charge in [0, 0.05) is 5.39 Å². The molecular formula is C17H14O5. The minimum absolute atomic E-state index is 0.0189. The number of fused-ring (bicyclic) bond motifs is 1. The Labute approximate surface area is 126 Å². The predicted molar refractivity (Wildman–Crippen MR) is 82.4 cm³/mol. The Bertz CT molecular complexity index is 899. The van der Waals surface area contributed by atoms with E-state index in [0.29, 0.717) is 21.9 Å². The van der Waals surface area contributed by atoms with E-state index in [9.17, 15) is 25.5 Å². The number of rotatable bonds is 1. The molecule has 0 heterocycles. The van der Waals surface area contributed by atoms with E-state index in [4.69, 9.17) is 0 Å². The first-order valence-corrected chi connectivity index (χ1v) is 6.59. The Balaban J connectivity index is 2.42. The second-order valence-electron chi connectivity index (χ2n) is 5.18. The van der Waals surface area contributed by atoms with Crippen molar-refractivity contribution < 1.29 is 25.5 Å². The molecule has 0 saturated carbocycles. The van der Waals surface area contributed by atoms with Gasteiger partial charge < -0.3 is 25.5 Å². The molecule has 0 amide bonds. The van der Waals surface area contributed by atoms with Crippen LogP contribution in [0.25, 0.3) is 21.9 Å². The summed E-state index contributed by atoms with van der Waals surface area (Å²) in [6.45, 7) is 1.78. The van der Waals surface area contributed by atoms with E-state index < -0.39 is 0 Å². The summed E-state index contributed by atoms with van der Waals surface area (Å²) in [5, 5.41) is 49.4. The van der Waals surface area contributed by atoms with Crippen LogP contribution < -0.4 is 0 Å². The van der Waals surface area contributed by atoms with Gasteiger partial charge in [-0.3, -0.25) is 0 Å². The molecule has 112 valence electrons. The van der Waals surface area contributed by atoms with Crippen molar-refractivity contribution >= 4 is 10.8 Å². The molecule has 3 aromatic carbocycles. The van der Waals surface area contributed by atoms with Crippen LogP contribution >= 0.6 is 0 Å². The highest BCUT2D eigenvalue weighted by Crippen LogP contribution is 2.43. The normalized spacial score (nSPS) is 11.0. The summed E-state index contributed by atoms with van der Waals surface area (Å²) < 4.78 is 0. The van der Waals surface area contributed by atoms with Crippen molar-refractivity contribution in [1.82, 2.24) is 0 Å². The number of aryl methyl sites for hydroxylation is 1. The van der Waals surface area contributed by atoms with Crippen LogP contribution in [0.5, 0.6) is 28.7 Å². The van der Waals surface area contributed by atoms with Gasteiger partial charge >= 0.3 is 0 Å². The van der Waals surface area contributed by atoms with E-state index >= 15 is 0 Å². The molecule has 0 aliphatic carbocycles. The molecule has 0 unspecified atom stereocenters. The van der Waals surface area contributed by atoms with Gasteiger partial charge in [-0.15, -0.1) is 0 Å². The fraction of sp³-hybridized carbons (Fsp3) is 0.0588. The molecular weight excluding hydrogens is 284 g/mol. The number of hydrogen-bond acceptors (Lipinski definition) is 5. The van der Waals surface area contributed by atoms with Crippen LogP contribution in [0.15, 0.2) is 36.4 Å². The van der Waals surface area contributed by atoms with Crippen molar-refractivity contribution in [3.05, 3.63) is 42.0 Å². The van der Waals surface area contributed by atoms with Crippen LogP contribution in [0.3, 0.4) is 0 Å². The van der Waals surface area contributed by atoms with Crippen LogP contribution in [0.2, 0.25) is 0 Å². The van der Waals surface area contributed by atoms with Crippen LogP contribution in [0, 0.1) is 6.92 Å². The molecule has 0 atom stereocenters. The van der Waals surface area contributed by atoms with Crippen LogP contribution in [-0.2, 0) is 0 Å². The standard InChI is InChI=1S/C17H14O5/c1-8-4-13(19)10-6-15(21)16(22)7-11(10)17(8)9-2-3-12(18)14(20)5-9/h2-7,18-22H,1H3. The number of phenolic OH excluding ortho intramolecular Hbond substituents is 5. The largest absolute Gasteiger partial charge is 0.507 e. The summed E-state index contributed by atoms with van der Waals surface area (Å²) in [5.41, 5.74) is 2.02. The molecule has 0 aliphatic rings. The van der Waals surface area contributed by atoms with E-state index in [1.807, 2.05) is 0 Å². The fourth-order valence-corrected chi connectivity index (χ4v) is 2.63. The highest BCUT2D eigenvalue weighted by atomic mass is 16.3. The van der Waals surface area contributed by atoms with Crippen molar-refractivity contribution in [2.45, 2.75) is 6.92 Å². The SMILES string of the molecule is Cc1cc(O)c2cc(O)c(O)cc2c1-c1ccc(O)c(O)c1. The van der Waals surface area contributed by atoms with Crippen molar-refractivity contribution in [2.75, 3.05) is 0 Å². The zero-order chi connectivity index (χ0) is 16.0. The number of hydrogen-bond donors (Lipinski definition) is 5. The van der Waals surface area contributed by atoms with Gasteiger partial charge in [-0.2, -0.15) is 0 Å². The van der Waals surface area contributed by atoms with Gasteiger partial charge in [-0.05, 0) is 59.3 Å². The zero-order valence-corrected chi connectivity index (χ0v) is 11.7. The molecule has 22 heavy (non-hydrogen) atoms. The molecule has 3 rings (SSSR count). The maximum Gasteiger partial charge on any atom is 0.158 e. The Morgan fingerprint density at radius 3 is 1.82 bits per heavy atom. The quantitative estimate of drug-likeness (QED) is 0.443. The van der Waals surface area contributed by atoms with E-state index in [0.717, 1.165) is 5.56 Å². The highest BCUT2D eigenvalue weighted by molar-refractivity contribution is 6.03. The van der Waals surface area contributed by atoms with Gasteiger partial charge in [-0.1, -0.05) is 6.07 Å². The first kappa shape index (κ1) is 13.9. The van der Waals surface area contributed by atoms with E-state index in [1.54, 1.807) is 13.0 Å². The smallest absolute Gasteiger partial charge is 0.158 e. The van der Waals surface area contributed by atoms with Crippen molar-refractivity contribution in [2.24, 2.45) is 0 Å². The topological polar surface area (TPSA) is 101 Å². The van der Waals surface area contributed by atoms with Gasteiger partial charge in [-0.25, -0.2) is 0 Å². The molecule has 0 saturated heterocycles. The fourth-order valence-electron chi connectivity index (χ4n) is 2.63. The first-order valence-electron chi connectivity index (χ1n) is 6.59. The Morgan fingerprint density at radius 1 is 0.591 bits per heavy atom. The summed E-state index contributed by atoms with van der Waals surface area (Å²) in [7, 11) is 0. The molecule has 3 aromatic rings. The Kier molecular flexibility index (Phi) is 2.99. The maximum atomic E-state index is 10.1. The number of aromatic hydroxyl groups is 5. The molecule has 0 aliphatic heterocycles. The van der Waals surface area contributed by atoms with E-state index in [1.165, 1.54) is 30.3 Å². The average Bonchev–Trinajstić information content (AvgIpc) is 2.45. The van der Waals surface area contributed by atoms with Gasteiger partial charge in [0.25, 0.3) is 0 Å². The summed E-state index contributed by atoms with van der Waals surface area (Å²) in [5.74, 6) is -1.14. The molecule has 0 fully saturated rings.